The molecule has 0 bridgehead atoms. The average molecular weight is 340 g/mol. The van der Waals surface area contributed by atoms with Crippen LogP contribution in [0.25, 0.3) is 5.69 Å². The van der Waals surface area contributed by atoms with E-state index in [0.717, 1.165) is 25.3 Å². The molecule has 2 aromatic rings. The van der Waals surface area contributed by atoms with Crippen LogP contribution in [0.1, 0.15) is 10.4 Å². The Bertz CT molecular complexity index is 790. The van der Waals surface area contributed by atoms with E-state index in [9.17, 15) is 9.59 Å². The minimum absolute atomic E-state index is 0.0457. The van der Waals surface area contributed by atoms with Crippen LogP contribution in [0.5, 0.6) is 0 Å². The van der Waals surface area contributed by atoms with Gasteiger partial charge in [-0.2, -0.15) is 0 Å². The van der Waals surface area contributed by atoms with E-state index in [4.69, 9.17) is 0 Å². The van der Waals surface area contributed by atoms with Crippen LogP contribution in [-0.4, -0.2) is 87.1 Å². The van der Waals surface area contributed by atoms with Crippen molar-refractivity contribution in [3.05, 3.63) is 42.5 Å². The number of fused-ring (bicyclic) bond motifs is 1. The molecule has 25 heavy (non-hydrogen) atoms. The minimum atomic E-state index is -0.225. The van der Waals surface area contributed by atoms with Gasteiger partial charge in [0.05, 0.1) is 0 Å². The molecule has 130 valence electrons. The van der Waals surface area contributed by atoms with E-state index in [2.05, 4.69) is 15.1 Å². The van der Waals surface area contributed by atoms with Crippen molar-refractivity contribution in [1.82, 2.24) is 29.5 Å². The van der Waals surface area contributed by atoms with Gasteiger partial charge in [-0.05, 0) is 18.2 Å². The van der Waals surface area contributed by atoms with Crippen LogP contribution < -0.4 is 0 Å². The van der Waals surface area contributed by atoms with Crippen LogP contribution >= 0.6 is 0 Å². The first-order valence-electron chi connectivity index (χ1n) is 8.37. The lowest BCUT2D eigenvalue weighted by Crippen LogP contribution is -2.64. The number of amides is 2. The number of rotatable bonds is 2. The fourth-order valence-corrected chi connectivity index (χ4v) is 3.47. The summed E-state index contributed by atoms with van der Waals surface area (Å²) in [6.07, 6.45) is 3.19. The normalized spacial score (nSPS) is 21.3. The number of hydrogen-bond acceptors (Lipinski definition) is 5. The molecule has 8 nitrogen and oxygen atoms in total. The second-order valence-electron chi connectivity index (χ2n) is 6.48. The van der Waals surface area contributed by atoms with E-state index < -0.39 is 0 Å². The van der Waals surface area contributed by atoms with E-state index in [0.29, 0.717) is 18.7 Å². The maximum absolute atomic E-state index is 12.9. The Hall–Kier alpha value is -2.74. The second-order valence-corrected chi connectivity index (χ2v) is 6.48. The zero-order valence-corrected chi connectivity index (χ0v) is 14.1. The van der Waals surface area contributed by atoms with Crippen molar-refractivity contribution in [2.75, 3.05) is 39.8 Å². The summed E-state index contributed by atoms with van der Waals surface area (Å²) in [6.45, 7) is 3.45. The highest BCUT2D eigenvalue weighted by Crippen LogP contribution is 2.19. The molecule has 2 amide bonds. The number of piperazine rings is 2. The van der Waals surface area contributed by atoms with Gasteiger partial charge in [-0.1, -0.05) is 6.07 Å². The third-order valence-corrected chi connectivity index (χ3v) is 4.97. The van der Waals surface area contributed by atoms with Gasteiger partial charge in [-0.15, -0.1) is 10.2 Å². The summed E-state index contributed by atoms with van der Waals surface area (Å²) in [5.74, 6) is 0.0533. The van der Waals surface area contributed by atoms with Crippen molar-refractivity contribution >= 4 is 11.8 Å². The summed E-state index contributed by atoms with van der Waals surface area (Å²) in [6, 6.07) is 7.15. The first-order valence-corrected chi connectivity index (χ1v) is 8.37. The highest BCUT2D eigenvalue weighted by molar-refractivity contribution is 5.95. The lowest BCUT2D eigenvalue weighted by Gasteiger charge is -2.45. The highest BCUT2D eigenvalue weighted by Gasteiger charge is 2.38. The Morgan fingerprint density at radius 2 is 1.88 bits per heavy atom. The Kier molecular flexibility index (Phi) is 3.96. The molecule has 0 unspecified atom stereocenters. The van der Waals surface area contributed by atoms with E-state index >= 15 is 0 Å². The fourth-order valence-electron chi connectivity index (χ4n) is 3.47. The first kappa shape index (κ1) is 15.8. The summed E-state index contributed by atoms with van der Waals surface area (Å²) in [5.41, 5.74) is 1.44. The number of likely N-dealkylation sites (N-methyl/N-ethyl adjacent to an activating group) is 1. The number of benzene rings is 1. The molecule has 0 saturated carbocycles. The summed E-state index contributed by atoms with van der Waals surface area (Å²) in [4.78, 5) is 31.0. The predicted octanol–water partition coefficient (Wildman–Crippen LogP) is -0.134. The SMILES string of the molecule is CN1CCN2CCN(C(=O)c3cccc(-n4cnnc4)c3)C[C@@H]2C1=O. The molecule has 0 radical (unpaired) electrons. The maximum atomic E-state index is 12.9. The van der Waals surface area contributed by atoms with Crippen LogP contribution in [0, 0.1) is 0 Å². The van der Waals surface area contributed by atoms with Gasteiger partial charge in [0.15, 0.2) is 0 Å². The standard InChI is InChI=1S/C17H20N6O2/c1-20-5-6-21-7-8-22(10-15(21)17(20)25)16(24)13-3-2-4-14(9-13)23-11-18-19-12-23/h2-4,9,11-12,15H,5-8,10H2,1H3/t15-/m1/s1. The third-order valence-electron chi connectivity index (χ3n) is 4.97. The number of nitrogens with zero attached hydrogens (tertiary/aromatic N) is 6. The molecule has 0 aliphatic carbocycles. The summed E-state index contributed by atoms with van der Waals surface area (Å²) in [5, 5.41) is 7.59. The predicted molar refractivity (Wildman–Crippen MR) is 90.3 cm³/mol. The summed E-state index contributed by atoms with van der Waals surface area (Å²) < 4.78 is 1.76. The number of carbonyl (C=O) groups excluding carboxylic acids is 2. The highest BCUT2D eigenvalue weighted by atomic mass is 16.2. The summed E-state index contributed by atoms with van der Waals surface area (Å²) in [7, 11) is 1.82. The van der Waals surface area contributed by atoms with Crippen molar-refractivity contribution in [3.63, 3.8) is 0 Å². The van der Waals surface area contributed by atoms with Crippen molar-refractivity contribution in [3.8, 4) is 5.69 Å². The molecule has 2 fully saturated rings. The molecular weight excluding hydrogens is 320 g/mol. The quantitative estimate of drug-likeness (QED) is 0.761. The van der Waals surface area contributed by atoms with Gasteiger partial charge in [0.1, 0.15) is 18.7 Å². The summed E-state index contributed by atoms with van der Waals surface area (Å²) >= 11 is 0. The van der Waals surface area contributed by atoms with E-state index in [1.165, 1.54) is 0 Å². The maximum Gasteiger partial charge on any atom is 0.254 e. The number of aromatic nitrogens is 3. The van der Waals surface area contributed by atoms with Crippen molar-refractivity contribution in [1.29, 1.82) is 0 Å². The number of hydrogen-bond donors (Lipinski definition) is 0. The van der Waals surface area contributed by atoms with E-state index in [1.807, 2.05) is 25.2 Å². The van der Waals surface area contributed by atoms with Gasteiger partial charge in [0.25, 0.3) is 5.91 Å². The van der Waals surface area contributed by atoms with Crippen LogP contribution in [0.15, 0.2) is 36.9 Å². The lowest BCUT2D eigenvalue weighted by atomic mass is 10.1. The van der Waals surface area contributed by atoms with E-state index in [1.54, 1.807) is 33.1 Å². The van der Waals surface area contributed by atoms with Gasteiger partial charge >= 0.3 is 0 Å². The molecule has 2 aliphatic heterocycles. The third kappa shape index (κ3) is 2.89. The zero-order chi connectivity index (χ0) is 17.4. The van der Waals surface area contributed by atoms with Gasteiger partial charge in [0, 0.05) is 51.0 Å². The molecule has 3 heterocycles. The largest absolute Gasteiger partial charge is 0.343 e. The van der Waals surface area contributed by atoms with Gasteiger partial charge in [-0.25, -0.2) is 0 Å². The molecule has 4 rings (SSSR count). The van der Waals surface area contributed by atoms with Crippen LogP contribution in [-0.2, 0) is 4.79 Å². The van der Waals surface area contributed by atoms with Crippen LogP contribution in [0.4, 0.5) is 0 Å². The van der Waals surface area contributed by atoms with Crippen molar-refractivity contribution in [2.24, 2.45) is 0 Å². The van der Waals surface area contributed by atoms with Gasteiger partial charge in [0.2, 0.25) is 5.91 Å². The zero-order valence-electron chi connectivity index (χ0n) is 14.1. The average Bonchev–Trinajstić information content (AvgIpc) is 3.19. The van der Waals surface area contributed by atoms with Gasteiger partial charge in [-0.3, -0.25) is 19.1 Å². The number of carbonyl (C=O) groups is 2. The molecule has 0 spiro atoms. The van der Waals surface area contributed by atoms with Crippen molar-refractivity contribution in [2.45, 2.75) is 6.04 Å². The smallest absolute Gasteiger partial charge is 0.254 e. The lowest BCUT2D eigenvalue weighted by molar-refractivity contribution is -0.142. The van der Waals surface area contributed by atoms with Crippen molar-refractivity contribution < 1.29 is 9.59 Å². The Balaban J connectivity index is 1.53. The van der Waals surface area contributed by atoms with Crippen LogP contribution in [0.2, 0.25) is 0 Å². The molecule has 0 N–H and O–H groups in total. The topological polar surface area (TPSA) is 74.6 Å². The van der Waals surface area contributed by atoms with E-state index in [-0.39, 0.29) is 17.9 Å². The molecule has 8 heteroatoms. The molecular formula is C17H20N6O2. The first-order chi connectivity index (χ1) is 12.1. The Morgan fingerprint density at radius 1 is 1.12 bits per heavy atom. The molecule has 1 atom stereocenters. The molecule has 2 saturated heterocycles. The van der Waals surface area contributed by atoms with Crippen LogP contribution in [0.3, 0.4) is 0 Å². The Labute approximate surface area is 145 Å². The minimum Gasteiger partial charge on any atom is -0.343 e. The molecule has 1 aromatic carbocycles. The van der Waals surface area contributed by atoms with Gasteiger partial charge < -0.3 is 9.80 Å². The monoisotopic (exact) mass is 340 g/mol. The molecule has 2 aliphatic rings. The fraction of sp³-hybridized carbons (Fsp3) is 0.412. The Morgan fingerprint density at radius 3 is 2.68 bits per heavy atom. The molecule has 1 aromatic heterocycles. The second kappa shape index (κ2) is 6.29.